The number of ketones is 1. The zero-order chi connectivity index (χ0) is 56.8. The van der Waals surface area contributed by atoms with Crippen LogP contribution in [-0.4, -0.2) is 79.7 Å². The van der Waals surface area contributed by atoms with E-state index in [9.17, 15) is 14.4 Å². The first-order valence-corrected chi connectivity index (χ1v) is 30.5. The molecule has 2 saturated heterocycles. The maximum absolute atomic E-state index is 13.4. The van der Waals surface area contributed by atoms with Gasteiger partial charge in [0.2, 0.25) is 0 Å². The zero-order valence-electron chi connectivity index (χ0n) is 50.7. The fraction of sp³-hybridized carbons (Fsp3) is 0.574. The molecule has 2 unspecified atom stereocenters. The highest BCUT2D eigenvalue weighted by molar-refractivity contribution is 6.39. The molecule has 11 heteroatoms. The summed E-state index contributed by atoms with van der Waals surface area (Å²) in [6.45, 7) is 29.1. The van der Waals surface area contributed by atoms with Crippen molar-refractivity contribution in [1.82, 2.24) is 20.4 Å². The first-order valence-electron chi connectivity index (χ1n) is 30.5. The molecule has 2 aliphatic rings. The maximum Gasteiger partial charge on any atom is 0.407 e. The van der Waals surface area contributed by atoms with Gasteiger partial charge in [0.25, 0.3) is 0 Å². The number of carbonyl (C=O) groups is 3. The number of rotatable bonds is 25. The highest BCUT2D eigenvalue weighted by Gasteiger charge is 2.32. The minimum Gasteiger partial charge on any atom is -0.444 e. The van der Waals surface area contributed by atoms with E-state index in [1.165, 1.54) is 108 Å². The summed E-state index contributed by atoms with van der Waals surface area (Å²) >= 11 is 0. The number of hydrogen-bond donors (Lipinski definition) is 2. The van der Waals surface area contributed by atoms with Crippen molar-refractivity contribution in [3.8, 4) is 0 Å². The van der Waals surface area contributed by atoms with Gasteiger partial charge in [0.15, 0.2) is 5.78 Å². The Morgan fingerprint density at radius 2 is 0.937 bits per heavy atom. The minimum absolute atomic E-state index is 0.0794. The molecule has 2 N–H and O–H groups in total. The van der Waals surface area contributed by atoms with Crippen molar-refractivity contribution in [3.63, 3.8) is 0 Å². The third-order valence-corrected chi connectivity index (χ3v) is 17.0. The van der Waals surface area contributed by atoms with Crippen LogP contribution in [0.25, 0.3) is 21.5 Å². The largest absolute Gasteiger partial charge is 0.444 e. The molecule has 2 amide bonds. The summed E-state index contributed by atoms with van der Waals surface area (Å²) in [5.41, 5.74) is 8.99. The van der Waals surface area contributed by atoms with E-state index in [0.717, 1.165) is 96.2 Å². The van der Waals surface area contributed by atoms with Crippen LogP contribution in [0.5, 0.6) is 0 Å². The number of nitrogens with one attached hydrogen (secondary N) is 2. The SMILES string of the molecule is CC(=O)c1ccc2c(CN(CCCCCCNC(=O)OC(C)(C)C)Cc3ccccc3C3BCC(C)(C)CC3)c3ccccc3c(CN(CCCCCCNC(=O)OC(C)(C)C)Cc3ccccc3C3BCC(C)(C)CC3)c2c1. The molecule has 7 rings (SSSR count). The van der Waals surface area contributed by atoms with Crippen molar-refractivity contribution in [3.05, 3.63) is 130 Å². The van der Waals surface area contributed by atoms with Crippen LogP contribution in [0.15, 0.2) is 91.0 Å². The fourth-order valence-corrected chi connectivity index (χ4v) is 12.5. The van der Waals surface area contributed by atoms with E-state index in [1.54, 1.807) is 6.92 Å². The number of carbonyl (C=O) groups excluding carboxylic acids is 3. The van der Waals surface area contributed by atoms with Gasteiger partial charge in [0.05, 0.1) is 0 Å². The van der Waals surface area contributed by atoms with Crippen LogP contribution in [0.3, 0.4) is 0 Å². The molecule has 5 aromatic rings. The van der Waals surface area contributed by atoms with Crippen LogP contribution < -0.4 is 10.6 Å². The predicted octanol–water partition coefficient (Wildman–Crippen LogP) is 15.8. The van der Waals surface area contributed by atoms with Gasteiger partial charge < -0.3 is 20.1 Å². The lowest BCUT2D eigenvalue weighted by Gasteiger charge is -2.35. The molecular weight excluding hydrogens is 974 g/mol. The number of benzene rings is 5. The van der Waals surface area contributed by atoms with Crippen molar-refractivity contribution < 1.29 is 23.9 Å². The molecule has 0 radical (unpaired) electrons. The van der Waals surface area contributed by atoms with Gasteiger partial charge in [0, 0.05) is 44.8 Å². The molecule has 0 bridgehead atoms. The van der Waals surface area contributed by atoms with Crippen LogP contribution in [-0.2, 0) is 35.7 Å². The van der Waals surface area contributed by atoms with Gasteiger partial charge in [-0.3, -0.25) is 14.6 Å². The van der Waals surface area contributed by atoms with E-state index in [2.05, 4.69) is 139 Å². The molecule has 2 aliphatic heterocycles. The Labute approximate surface area is 478 Å². The molecule has 0 aliphatic carbocycles. The number of fused-ring (bicyclic) bond motifs is 2. The predicted molar refractivity (Wildman–Crippen MR) is 333 cm³/mol. The van der Waals surface area contributed by atoms with Gasteiger partial charge in [-0.05, 0) is 184 Å². The lowest BCUT2D eigenvalue weighted by atomic mass is 9.47. The van der Waals surface area contributed by atoms with Crippen molar-refractivity contribution in [2.24, 2.45) is 10.8 Å². The van der Waals surface area contributed by atoms with E-state index in [-0.39, 0.29) is 18.0 Å². The Kier molecular flexibility index (Phi) is 21.8. The van der Waals surface area contributed by atoms with E-state index in [4.69, 9.17) is 9.47 Å². The van der Waals surface area contributed by atoms with Crippen molar-refractivity contribution in [1.29, 1.82) is 0 Å². The third-order valence-electron chi connectivity index (χ3n) is 17.0. The molecule has 2 fully saturated rings. The van der Waals surface area contributed by atoms with Crippen LogP contribution in [0.1, 0.15) is 209 Å². The van der Waals surface area contributed by atoms with Crippen LogP contribution in [0.2, 0.25) is 12.6 Å². The Bertz CT molecular complexity index is 2790. The Balaban J connectivity index is 1.20. The molecular formula is C68H98B2N4O5. The Morgan fingerprint density at radius 1 is 0.532 bits per heavy atom. The van der Waals surface area contributed by atoms with Gasteiger partial charge in [-0.2, -0.15) is 0 Å². The average Bonchev–Trinajstić information content (AvgIpc) is 3.48. The number of nitrogens with zero attached hydrogens (tertiary/aromatic N) is 2. The van der Waals surface area contributed by atoms with Crippen LogP contribution in [0, 0.1) is 10.8 Å². The van der Waals surface area contributed by atoms with Crippen molar-refractivity contribution >= 4 is 54.1 Å². The number of amides is 2. The summed E-state index contributed by atoms with van der Waals surface area (Å²) in [4.78, 5) is 43.5. The van der Waals surface area contributed by atoms with Crippen LogP contribution >= 0.6 is 0 Å². The summed E-state index contributed by atoms with van der Waals surface area (Å²) in [6, 6.07) is 34.1. The number of alkyl carbamates (subject to hydrolysis) is 2. The van der Waals surface area contributed by atoms with Gasteiger partial charge in [-0.1, -0.05) is 164 Å². The first-order chi connectivity index (χ1) is 37.5. The molecule has 9 nitrogen and oxygen atoms in total. The molecule has 0 aromatic heterocycles. The molecule has 0 saturated carbocycles. The number of ether oxygens (including phenoxy) is 2. The molecule has 426 valence electrons. The highest BCUT2D eigenvalue weighted by Crippen LogP contribution is 2.42. The summed E-state index contributed by atoms with van der Waals surface area (Å²) in [6.07, 6.45) is 14.8. The summed E-state index contributed by atoms with van der Waals surface area (Å²) in [5, 5.41) is 10.8. The highest BCUT2D eigenvalue weighted by atomic mass is 16.6. The topological polar surface area (TPSA) is 100 Å². The van der Waals surface area contributed by atoms with E-state index < -0.39 is 11.2 Å². The van der Waals surface area contributed by atoms with Crippen molar-refractivity contribution in [2.45, 2.75) is 215 Å². The Morgan fingerprint density at radius 3 is 1.35 bits per heavy atom. The molecule has 79 heavy (non-hydrogen) atoms. The van der Waals surface area contributed by atoms with Gasteiger partial charge in [-0.15, -0.1) is 0 Å². The summed E-state index contributed by atoms with van der Waals surface area (Å²) in [7, 11) is 2.45. The smallest absolute Gasteiger partial charge is 0.407 e. The normalized spacial score (nSPS) is 17.3. The van der Waals surface area contributed by atoms with E-state index in [1.807, 2.05) is 41.5 Å². The lowest BCUT2D eigenvalue weighted by molar-refractivity contribution is 0.0515. The van der Waals surface area contributed by atoms with Crippen molar-refractivity contribution in [2.75, 3.05) is 26.2 Å². The summed E-state index contributed by atoms with van der Waals surface area (Å²) < 4.78 is 11.0. The molecule has 2 atom stereocenters. The number of unbranched alkanes of at least 4 members (excludes halogenated alkanes) is 6. The van der Waals surface area contributed by atoms with Gasteiger partial charge in [-0.25, -0.2) is 9.59 Å². The first kappa shape index (κ1) is 61.5. The van der Waals surface area contributed by atoms with Crippen LogP contribution in [0.4, 0.5) is 9.59 Å². The molecule has 5 aromatic carbocycles. The molecule has 2 heterocycles. The molecule has 0 spiro atoms. The van der Waals surface area contributed by atoms with Gasteiger partial charge in [0.1, 0.15) is 25.8 Å². The fourth-order valence-electron chi connectivity index (χ4n) is 12.5. The lowest BCUT2D eigenvalue weighted by Crippen LogP contribution is -2.33. The zero-order valence-corrected chi connectivity index (χ0v) is 50.7. The van der Waals surface area contributed by atoms with E-state index >= 15 is 0 Å². The monoisotopic (exact) mass is 1070 g/mol. The second-order valence-corrected chi connectivity index (χ2v) is 27.2. The standard InChI is InChI=1S/C68H98B2N4O5/c1-49(75)50-32-33-57-58(42-50)60(46-74(41-25-15-13-23-39-72-64(77)79-66(5,6)7)44-52-27-17-19-29-54(52)62-35-37-68(10,11)48-70-62)56-31-21-20-30-55(56)59(57)45-73(40-24-14-12-22-38-71-63(76)78-65(2,3)4)43-51-26-16-18-28-53(51)61-34-36-67(8,9)47-69-61/h16-21,26-33,42,61-62,69-70H,12-15,22-25,34-41,43-48H2,1-11H3,(H,71,76)(H,72,77). The van der Waals surface area contributed by atoms with E-state index in [0.29, 0.717) is 35.6 Å². The second kappa shape index (κ2) is 28.0. The number of hydrogen-bond acceptors (Lipinski definition) is 7. The Hall–Kier alpha value is -5.12. The summed E-state index contributed by atoms with van der Waals surface area (Å²) in [5.74, 6) is 1.21. The minimum atomic E-state index is -0.518. The average molecular weight is 1070 g/mol. The third kappa shape index (κ3) is 19.0. The maximum atomic E-state index is 13.4. The van der Waals surface area contributed by atoms with Gasteiger partial charge >= 0.3 is 12.2 Å². The second-order valence-electron chi connectivity index (χ2n) is 27.2. The number of Topliss-reactive ketones (excluding diaryl/α,β-unsaturated/α-hetero) is 1. The quantitative estimate of drug-likeness (QED) is 0.0260.